The normalized spacial score (nSPS) is 20.1. The quantitative estimate of drug-likeness (QED) is 0.293. The molecule has 4 heterocycles. The van der Waals surface area contributed by atoms with Crippen LogP contribution in [0.3, 0.4) is 0 Å². The average Bonchev–Trinajstić information content (AvgIpc) is 3.67. The fourth-order valence-corrected chi connectivity index (χ4v) is 7.34. The van der Waals surface area contributed by atoms with Gasteiger partial charge in [-0.05, 0) is 112 Å². The number of rotatable bonds is 5. The highest BCUT2D eigenvalue weighted by atomic mass is 16.5. The lowest BCUT2D eigenvalue weighted by molar-refractivity contribution is 0.0350. The van der Waals surface area contributed by atoms with Gasteiger partial charge in [0.25, 0.3) is 5.91 Å². The second-order valence-corrected chi connectivity index (χ2v) is 12.4. The van der Waals surface area contributed by atoms with Gasteiger partial charge in [0, 0.05) is 54.5 Å². The van der Waals surface area contributed by atoms with Crippen molar-refractivity contribution in [3.8, 4) is 22.4 Å². The van der Waals surface area contributed by atoms with Crippen molar-refractivity contribution in [3.63, 3.8) is 0 Å². The van der Waals surface area contributed by atoms with Gasteiger partial charge in [-0.1, -0.05) is 24.3 Å². The number of ether oxygens (including phenoxy) is 1. The van der Waals surface area contributed by atoms with Gasteiger partial charge in [0.1, 0.15) is 0 Å². The highest BCUT2D eigenvalue weighted by molar-refractivity contribution is 5.98. The number of aryl methyl sites for hydroxylation is 3. The number of pyridine rings is 1. The monoisotopic (exact) mass is 563 g/mol. The molecule has 2 saturated heterocycles. The van der Waals surface area contributed by atoms with E-state index < -0.39 is 0 Å². The van der Waals surface area contributed by atoms with Crippen molar-refractivity contribution >= 4 is 16.9 Å². The predicted octanol–water partition coefficient (Wildman–Crippen LogP) is 6.19. The topological polar surface area (TPSA) is 74.3 Å². The maximum atomic E-state index is 13.3. The van der Waals surface area contributed by atoms with Gasteiger partial charge in [0.2, 0.25) is 0 Å². The molecule has 0 radical (unpaired) electrons. The van der Waals surface area contributed by atoms with E-state index in [1.54, 1.807) is 7.11 Å². The summed E-state index contributed by atoms with van der Waals surface area (Å²) in [6.45, 7) is 6.04. The molecule has 218 valence electrons. The van der Waals surface area contributed by atoms with Crippen molar-refractivity contribution in [2.24, 2.45) is 0 Å². The van der Waals surface area contributed by atoms with E-state index in [-0.39, 0.29) is 12.0 Å². The highest BCUT2D eigenvalue weighted by Crippen LogP contribution is 2.33. The summed E-state index contributed by atoms with van der Waals surface area (Å²) in [4.78, 5) is 22.7. The summed E-state index contributed by atoms with van der Waals surface area (Å²) in [6.07, 6.45) is 11.5. The number of carbonyl (C=O) groups is 1. The predicted molar refractivity (Wildman–Crippen MR) is 167 cm³/mol. The fraction of sp³-hybridized carbons (Fsp3) is 0.457. The molecule has 3 aliphatic rings. The van der Waals surface area contributed by atoms with E-state index in [0.717, 1.165) is 71.7 Å². The Labute approximate surface area is 248 Å². The summed E-state index contributed by atoms with van der Waals surface area (Å²) in [5.74, 6) is 0.0991. The van der Waals surface area contributed by atoms with Crippen molar-refractivity contribution < 1.29 is 9.53 Å². The molecule has 4 aromatic rings. The van der Waals surface area contributed by atoms with Gasteiger partial charge < -0.3 is 14.5 Å². The van der Waals surface area contributed by atoms with Gasteiger partial charge in [-0.25, -0.2) is 4.98 Å². The molecule has 1 amide bonds. The van der Waals surface area contributed by atoms with E-state index in [1.807, 2.05) is 30.2 Å². The second kappa shape index (κ2) is 11.6. The number of aromatic amines is 1. The number of likely N-dealkylation sites (tertiary alicyclic amines) is 2. The van der Waals surface area contributed by atoms with E-state index in [9.17, 15) is 4.79 Å². The Morgan fingerprint density at radius 1 is 0.881 bits per heavy atom. The first-order valence-corrected chi connectivity index (χ1v) is 15.7. The van der Waals surface area contributed by atoms with Crippen molar-refractivity contribution in [3.05, 3.63) is 70.9 Å². The summed E-state index contributed by atoms with van der Waals surface area (Å²) < 4.78 is 5.47. The molecule has 1 aliphatic carbocycles. The summed E-state index contributed by atoms with van der Waals surface area (Å²) in [6, 6.07) is 16.0. The third kappa shape index (κ3) is 5.25. The van der Waals surface area contributed by atoms with Crippen molar-refractivity contribution in [1.29, 1.82) is 0 Å². The van der Waals surface area contributed by atoms with Crippen LogP contribution in [0.25, 0.3) is 33.4 Å². The molecule has 0 saturated carbocycles. The lowest BCUT2D eigenvalue weighted by Crippen LogP contribution is -2.40. The fourth-order valence-electron chi connectivity index (χ4n) is 7.34. The third-order valence-electron chi connectivity index (χ3n) is 9.91. The van der Waals surface area contributed by atoms with E-state index in [4.69, 9.17) is 9.72 Å². The lowest BCUT2D eigenvalue weighted by Gasteiger charge is -2.31. The number of methoxy groups -OCH3 is 1. The zero-order valence-corrected chi connectivity index (χ0v) is 24.9. The van der Waals surface area contributed by atoms with E-state index in [1.165, 1.54) is 61.9 Å². The molecule has 2 fully saturated rings. The zero-order valence-electron chi connectivity index (χ0n) is 24.9. The number of benzene rings is 2. The molecule has 0 spiro atoms. The van der Waals surface area contributed by atoms with Crippen LogP contribution in [0.5, 0.6) is 0 Å². The first kappa shape index (κ1) is 27.3. The van der Waals surface area contributed by atoms with Gasteiger partial charge in [-0.3, -0.25) is 9.89 Å². The number of carbonyl (C=O) groups excluding carboxylic acids is 1. The Bertz CT molecular complexity index is 1600. The SMILES string of the molecule is COC1CCN(C(=O)c2ccc(-c3[nH]nc4ncc(-c5ccc6c(c5)CCC(N5CCCC5)CC6)cc34)cc2C)CC1. The van der Waals surface area contributed by atoms with Crippen LogP contribution in [-0.4, -0.2) is 76.3 Å². The molecular weight excluding hydrogens is 522 g/mol. The smallest absolute Gasteiger partial charge is 0.254 e. The Balaban J connectivity index is 1.12. The summed E-state index contributed by atoms with van der Waals surface area (Å²) in [7, 11) is 1.75. The molecule has 2 aliphatic heterocycles. The molecule has 1 unspecified atom stereocenters. The zero-order chi connectivity index (χ0) is 28.6. The van der Waals surface area contributed by atoms with Crippen LogP contribution in [0.1, 0.15) is 65.6 Å². The number of nitrogens with one attached hydrogen (secondary N) is 1. The van der Waals surface area contributed by atoms with Gasteiger partial charge >= 0.3 is 0 Å². The number of piperidine rings is 1. The van der Waals surface area contributed by atoms with Crippen LogP contribution in [0.4, 0.5) is 0 Å². The number of hydrogen-bond donors (Lipinski definition) is 1. The minimum absolute atomic E-state index is 0.0991. The van der Waals surface area contributed by atoms with Gasteiger partial charge in [0.15, 0.2) is 5.65 Å². The number of aromatic nitrogens is 3. The molecule has 0 bridgehead atoms. The maximum Gasteiger partial charge on any atom is 0.254 e. The molecule has 7 heteroatoms. The van der Waals surface area contributed by atoms with Crippen LogP contribution in [-0.2, 0) is 17.6 Å². The highest BCUT2D eigenvalue weighted by Gasteiger charge is 2.26. The first-order chi connectivity index (χ1) is 20.6. The van der Waals surface area contributed by atoms with Gasteiger partial charge in [0.05, 0.1) is 11.8 Å². The summed E-state index contributed by atoms with van der Waals surface area (Å²) in [5, 5.41) is 8.73. The first-order valence-electron chi connectivity index (χ1n) is 15.7. The Hall–Kier alpha value is -3.55. The summed E-state index contributed by atoms with van der Waals surface area (Å²) in [5.41, 5.74) is 9.70. The lowest BCUT2D eigenvalue weighted by atomic mass is 9.96. The second-order valence-electron chi connectivity index (χ2n) is 12.4. The molecule has 2 aromatic carbocycles. The van der Waals surface area contributed by atoms with E-state index in [0.29, 0.717) is 5.65 Å². The Morgan fingerprint density at radius 3 is 2.40 bits per heavy atom. The number of hydrogen-bond acceptors (Lipinski definition) is 5. The number of nitrogens with zero attached hydrogens (tertiary/aromatic N) is 4. The minimum atomic E-state index is 0.0991. The minimum Gasteiger partial charge on any atom is -0.381 e. The van der Waals surface area contributed by atoms with Crippen LogP contribution in [0, 0.1) is 6.92 Å². The van der Waals surface area contributed by atoms with Crippen molar-refractivity contribution in [2.45, 2.75) is 70.4 Å². The maximum absolute atomic E-state index is 13.3. The molecule has 1 N–H and O–H groups in total. The molecule has 7 rings (SSSR count). The summed E-state index contributed by atoms with van der Waals surface area (Å²) >= 11 is 0. The largest absolute Gasteiger partial charge is 0.381 e. The molecule has 2 aromatic heterocycles. The molecular formula is C35H41N5O2. The van der Waals surface area contributed by atoms with E-state index >= 15 is 0 Å². The Kier molecular flexibility index (Phi) is 7.55. The standard InChI is InChI=1S/C35H41N5O2/c1-23-19-27(9-12-31(23)35(41)40-17-13-30(42-2)14-18-40)33-32-21-28(22-36-34(32)38-37-33)26-6-5-24-7-10-29(11-8-25(24)20-26)39-15-3-4-16-39/h5-6,9,12,19-22,29-30H,3-4,7-8,10-11,13-18H2,1-2H3,(H,36,37,38). The van der Waals surface area contributed by atoms with Crippen LogP contribution in [0.15, 0.2) is 48.7 Å². The number of fused-ring (bicyclic) bond motifs is 2. The number of H-pyrrole nitrogens is 1. The molecule has 42 heavy (non-hydrogen) atoms. The van der Waals surface area contributed by atoms with Gasteiger partial charge in [-0.2, -0.15) is 5.10 Å². The Morgan fingerprint density at radius 2 is 1.64 bits per heavy atom. The average molecular weight is 564 g/mol. The van der Waals surface area contributed by atoms with Crippen molar-refractivity contribution in [1.82, 2.24) is 25.0 Å². The van der Waals surface area contributed by atoms with Crippen molar-refractivity contribution in [2.75, 3.05) is 33.3 Å². The molecule has 7 nitrogen and oxygen atoms in total. The van der Waals surface area contributed by atoms with Gasteiger partial charge in [-0.15, -0.1) is 0 Å². The van der Waals surface area contributed by atoms with Crippen LogP contribution >= 0.6 is 0 Å². The van der Waals surface area contributed by atoms with Crippen LogP contribution in [0.2, 0.25) is 0 Å². The van der Waals surface area contributed by atoms with E-state index in [2.05, 4.69) is 45.4 Å². The third-order valence-corrected chi connectivity index (χ3v) is 9.91. The van der Waals surface area contributed by atoms with Crippen LogP contribution < -0.4 is 0 Å². The molecule has 1 atom stereocenters. The number of amides is 1.